The summed E-state index contributed by atoms with van der Waals surface area (Å²) in [7, 11) is 0. The summed E-state index contributed by atoms with van der Waals surface area (Å²) >= 11 is 0. The van der Waals surface area contributed by atoms with Crippen molar-refractivity contribution in [1.82, 2.24) is 15.2 Å². The summed E-state index contributed by atoms with van der Waals surface area (Å²) in [5.41, 5.74) is 9.66. The molecule has 0 amide bonds. The van der Waals surface area contributed by atoms with Crippen LogP contribution in [0, 0.1) is 6.92 Å². The lowest BCUT2D eigenvalue weighted by Gasteiger charge is -2.41. The number of hydrogen-bond acceptors (Lipinski definition) is 6. The molecule has 0 unspecified atom stereocenters. The number of aryl methyl sites for hydroxylation is 1. The van der Waals surface area contributed by atoms with Gasteiger partial charge in [0.25, 0.3) is 0 Å². The van der Waals surface area contributed by atoms with Crippen LogP contribution in [0.2, 0.25) is 0 Å². The third kappa shape index (κ3) is 2.67. The molecule has 6 heteroatoms. The van der Waals surface area contributed by atoms with Gasteiger partial charge in [-0.1, -0.05) is 24.3 Å². The van der Waals surface area contributed by atoms with Crippen molar-refractivity contribution in [2.24, 2.45) is 0 Å². The highest BCUT2D eigenvalue weighted by molar-refractivity contribution is 5.52. The maximum absolute atomic E-state index is 5.94. The van der Waals surface area contributed by atoms with Gasteiger partial charge in [0, 0.05) is 43.4 Å². The molecular formula is C21H23N5O. The van der Waals surface area contributed by atoms with Crippen LogP contribution < -0.4 is 10.6 Å². The van der Waals surface area contributed by atoms with Gasteiger partial charge in [0.05, 0.1) is 5.92 Å². The van der Waals surface area contributed by atoms with Crippen molar-refractivity contribution in [2.75, 3.05) is 23.7 Å². The fraction of sp³-hybridized carbons (Fsp3) is 0.381. The SMILES string of the molecule is Cc1nnc([C@H]2CC3(CCN(c4cc(N)ccn4)CC3)c3ccccc32)o1. The highest BCUT2D eigenvalue weighted by Gasteiger charge is 2.47. The van der Waals surface area contributed by atoms with Crippen LogP contribution >= 0.6 is 0 Å². The monoisotopic (exact) mass is 361 g/mol. The summed E-state index contributed by atoms with van der Waals surface area (Å²) in [6.07, 6.45) is 4.99. The number of hydrogen-bond donors (Lipinski definition) is 1. The summed E-state index contributed by atoms with van der Waals surface area (Å²) < 4.78 is 5.81. The Morgan fingerprint density at radius 1 is 1.15 bits per heavy atom. The first-order valence-electron chi connectivity index (χ1n) is 9.50. The number of benzene rings is 1. The second kappa shape index (κ2) is 6.08. The summed E-state index contributed by atoms with van der Waals surface area (Å²) in [6.45, 7) is 3.80. The lowest BCUT2D eigenvalue weighted by atomic mass is 9.73. The zero-order chi connectivity index (χ0) is 18.4. The number of fused-ring (bicyclic) bond motifs is 2. The predicted molar refractivity (Wildman–Crippen MR) is 104 cm³/mol. The third-order valence-electron chi connectivity index (χ3n) is 6.16. The molecule has 138 valence electrons. The minimum Gasteiger partial charge on any atom is -0.425 e. The fourth-order valence-corrected chi connectivity index (χ4v) is 4.81. The number of nitrogens with two attached hydrogens (primary N) is 1. The van der Waals surface area contributed by atoms with Crippen LogP contribution in [-0.2, 0) is 5.41 Å². The van der Waals surface area contributed by atoms with E-state index >= 15 is 0 Å². The highest BCUT2D eigenvalue weighted by Crippen LogP contribution is 2.53. The predicted octanol–water partition coefficient (Wildman–Crippen LogP) is 3.43. The number of aromatic nitrogens is 3. The first-order chi connectivity index (χ1) is 13.1. The summed E-state index contributed by atoms with van der Waals surface area (Å²) in [4.78, 5) is 6.84. The van der Waals surface area contributed by atoms with Gasteiger partial charge in [-0.05, 0) is 36.5 Å². The number of piperidine rings is 1. The molecule has 1 fully saturated rings. The Labute approximate surface area is 158 Å². The molecule has 5 rings (SSSR count). The van der Waals surface area contributed by atoms with Crippen molar-refractivity contribution >= 4 is 11.5 Å². The molecule has 1 aliphatic heterocycles. The minimum atomic E-state index is 0.167. The molecule has 0 saturated carbocycles. The number of nitrogen functional groups attached to an aromatic ring is 1. The van der Waals surface area contributed by atoms with Crippen molar-refractivity contribution in [2.45, 2.75) is 37.5 Å². The average molecular weight is 361 g/mol. The Kier molecular flexibility index (Phi) is 3.67. The first kappa shape index (κ1) is 16.3. The molecule has 1 spiro atoms. The maximum Gasteiger partial charge on any atom is 0.224 e. The topological polar surface area (TPSA) is 81.1 Å². The van der Waals surface area contributed by atoms with Gasteiger partial charge >= 0.3 is 0 Å². The molecular weight excluding hydrogens is 338 g/mol. The Balaban J connectivity index is 1.44. The van der Waals surface area contributed by atoms with Crippen molar-refractivity contribution in [3.8, 4) is 0 Å². The molecule has 1 aliphatic carbocycles. The normalized spacial score (nSPS) is 20.8. The van der Waals surface area contributed by atoms with Crippen molar-refractivity contribution < 1.29 is 4.42 Å². The van der Waals surface area contributed by atoms with E-state index < -0.39 is 0 Å². The maximum atomic E-state index is 5.94. The second-order valence-corrected chi connectivity index (χ2v) is 7.72. The number of nitrogens with zero attached hydrogens (tertiary/aromatic N) is 4. The van der Waals surface area contributed by atoms with E-state index in [0.29, 0.717) is 5.89 Å². The molecule has 2 N–H and O–H groups in total. The quantitative estimate of drug-likeness (QED) is 0.753. The zero-order valence-corrected chi connectivity index (χ0v) is 15.4. The summed E-state index contributed by atoms with van der Waals surface area (Å²) in [5, 5.41) is 8.38. The zero-order valence-electron chi connectivity index (χ0n) is 15.4. The van der Waals surface area contributed by atoms with Gasteiger partial charge in [0.2, 0.25) is 11.8 Å². The molecule has 1 saturated heterocycles. The highest BCUT2D eigenvalue weighted by atomic mass is 16.4. The molecule has 2 aromatic heterocycles. The average Bonchev–Trinajstić information content (AvgIpc) is 3.25. The molecule has 3 aromatic rings. The van der Waals surface area contributed by atoms with Crippen molar-refractivity contribution in [3.05, 3.63) is 65.5 Å². The van der Waals surface area contributed by atoms with E-state index in [2.05, 4.69) is 44.3 Å². The van der Waals surface area contributed by atoms with Gasteiger partial charge in [0.15, 0.2) is 0 Å². The largest absolute Gasteiger partial charge is 0.425 e. The van der Waals surface area contributed by atoms with Crippen molar-refractivity contribution in [1.29, 1.82) is 0 Å². The Bertz CT molecular complexity index is 974. The van der Waals surface area contributed by atoms with Crippen LogP contribution in [0.15, 0.2) is 47.0 Å². The van der Waals surface area contributed by atoms with Crippen LogP contribution in [0.1, 0.15) is 48.1 Å². The molecule has 0 bridgehead atoms. The Morgan fingerprint density at radius 3 is 2.70 bits per heavy atom. The lowest BCUT2D eigenvalue weighted by molar-refractivity contribution is 0.309. The van der Waals surface area contributed by atoms with Crippen LogP contribution in [0.5, 0.6) is 0 Å². The molecule has 2 aliphatic rings. The Hall–Kier alpha value is -2.89. The van der Waals surface area contributed by atoms with Crippen molar-refractivity contribution in [3.63, 3.8) is 0 Å². The number of anilines is 2. The van der Waals surface area contributed by atoms with E-state index in [0.717, 1.165) is 49.7 Å². The minimum absolute atomic E-state index is 0.167. The van der Waals surface area contributed by atoms with E-state index in [9.17, 15) is 0 Å². The molecule has 3 heterocycles. The molecule has 6 nitrogen and oxygen atoms in total. The van der Waals surface area contributed by atoms with E-state index in [-0.39, 0.29) is 11.3 Å². The van der Waals surface area contributed by atoms with E-state index in [4.69, 9.17) is 10.2 Å². The Morgan fingerprint density at radius 2 is 1.96 bits per heavy atom. The number of rotatable bonds is 2. The van der Waals surface area contributed by atoms with Gasteiger partial charge in [-0.25, -0.2) is 4.98 Å². The van der Waals surface area contributed by atoms with Gasteiger partial charge < -0.3 is 15.1 Å². The molecule has 27 heavy (non-hydrogen) atoms. The smallest absolute Gasteiger partial charge is 0.224 e. The van der Waals surface area contributed by atoms with Crippen LogP contribution in [0.3, 0.4) is 0 Å². The van der Waals surface area contributed by atoms with Crippen LogP contribution in [0.4, 0.5) is 11.5 Å². The standard InChI is InChI=1S/C21H23N5O/c1-14-24-25-20(27-14)17-13-21(18-5-3-2-4-16(17)18)7-10-26(11-8-21)19-12-15(22)6-9-23-19/h2-6,9,12,17H,7-8,10-11,13H2,1H3,(H2,22,23)/t17-/m0/s1. The second-order valence-electron chi connectivity index (χ2n) is 7.72. The third-order valence-corrected chi connectivity index (χ3v) is 6.16. The molecule has 1 atom stereocenters. The van der Waals surface area contributed by atoms with Gasteiger partial charge in [-0.2, -0.15) is 0 Å². The molecule has 0 radical (unpaired) electrons. The van der Waals surface area contributed by atoms with E-state index in [1.165, 1.54) is 11.1 Å². The van der Waals surface area contributed by atoms with Gasteiger partial charge in [-0.3, -0.25) is 0 Å². The van der Waals surface area contributed by atoms with E-state index in [1.54, 1.807) is 6.20 Å². The lowest BCUT2D eigenvalue weighted by Crippen LogP contribution is -2.42. The summed E-state index contributed by atoms with van der Waals surface area (Å²) in [6, 6.07) is 12.6. The van der Waals surface area contributed by atoms with Crippen LogP contribution in [-0.4, -0.2) is 28.3 Å². The fourth-order valence-electron chi connectivity index (χ4n) is 4.81. The first-order valence-corrected chi connectivity index (χ1v) is 9.50. The molecule has 1 aromatic carbocycles. The summed E-state index contributed by atoms with van der Waals surface area (Å²) in [5.74, 6) is 2.54. The van der Waals surface area contributed by atoms with Crippen LogP contribution in [0.25, 0.3) is 0 Å². The van der Waals surface area contributed by atoms with E-state index in [1.807, 2.05) is 19.1 Å². The van der Waals surface area contributed by atoms with Gasteiger partial charge in [0.1, 0.15) is 5.82 Å². The van der Waals surface area contributed by atoms with Gasteiger partial charge in [-0.15, -0.1) is 10.2 Å². The number of pyridine rings is 1.